The van der Waals surface area contributed by atoms with Crippen LogP contribution in [-0.4, -0.2) is 47.0 Å². The molecule has 0 radical (unpaired) electrons. The first-order chi connectivity index (χ1) is 12.1. The molecule has 132 valence electrons. The second-order valence-corrected chi connectivity index (χ2v) is 7.41. The van der Waals surface area contributed by atoms with Gasteiger partial charge in [-0.3, -0.25) is 9.69 Å². The van der Waals surface area contributed by atoms with Gasteiger partial charge in [0.25, 0.3) is 5.91 Å². The third-order valence-corrected chi connectivity index (χ3v) is 5.49. The number of nitrogens with zero attached hydrogens (tertiary/aromatic N) is 3. The predicted molar refractivity (Wildman–Crippen MR) is 95.7 cm³/mol. The van der Waals surface area contributed by atoms with Gasteiger partial charge in [-0.2, -0.15) is 0 Å². The fourth-order valence-corrected chi connectivity index (χ4v) is 4.12. The van der Waals surface area contributed by atoms with Gasteiger partial charge >= 0.3 is 0 Å². The van der Waals surface area contributed by atoms with Gasteiger partial charge in [0, 0.05) is 32.1 Å². The Morgan fingerprint density at radius 1 is 1.24 bits per heavy atom. The highest BCUT2D eigenvalue weighted by Gasteiger charge is 2.36. The normalized spacial score (nSPS) is 20.5. The van der Waals surface area contributed by atoms with Crippen LogP contribution in [0.1, 0.15) is 58.7 Å². The number of aryl methyl sites for hydroxylation is 1. The molecule has 2 aromatic rings. The highest BCUT2D eigenvalue weighted by molar-refractivity contribution is 5.96. The lowest BCUT2D eigenvalue weighted by Crippen LogP contribution is -2.52. The van der Waals surface area contributed by atoms with Gasteiger partial charge in [0.05, 0.1) is 11.7 Å². The van der Waals surface area contributed by atoms with Gasteiger partial charge in [0.15, 0.2) is 5.76 Å². The quantitative estimate of drug-likeness (QED) is 0.843. The fraction of sp³-hybridized carbons (Fsp3) is 0.500. The number of hydrogen-bond acceptors (Lipinski definition) is 4. The third kappa shape index (κ3) is 2.76. The van der Waals surface area contributed by atoms with Crippen molar-refractivity contribution >= 4 is 5.91 Å². The molecular formula is C20H25N3O2. The molecule has 2 aliphatic heterocycles. The van der Waals surface area contributed by atoms with Crippen LogP contribution in [0.2, 0.25) is 0 Å². The van der Waals surface area contributed by atoms with E-state index in [1.807, 2.05) is 25.7 Å². The summed E-state index contributed by atoms with van der Waals surface area (Å²) < 4.78 is 5.42. The van der Waals surface area contributed by atoms with E-state index in [0.717, 1.165) is 32.6 Å². The number of rotatable bonds is 2. The van der Waals surface area contributed by atoms with E-state index in [9.17, 15) is 4.79 Å². The second kappa shape index (κ2) is 6.30. The molecule has 25 heavy (non-hydrogen) atoms. The maximum atomic E-state index is 13.2. The summed E-state index contributed by atoms with van der Waals surface area (Å²) in [5.41, 5.74) is 4.15. The van der Waals surface area contributed by atoms with Crippen LogP contribution in [0.4, 0.5) is 0 Å². The molecule has 1 unspecified atom stereocenters. The molecule has 2 aliphatic rings. The standard InChI is InChI=1S/C20H25N3O2/c1-13(2)19-18(14(3)21-25-19)20(24)23-11-10-22-9-8-15-6-4-5-7-16(15)17(22)12-23/h4-7,13,17H,8-12H2,1-3H3. The summed E-state index contributed by atoms with van der Waals surface area (Å²) in [5, 5.41) is 4.04. The number of carbonyl (C=O) groups is 1. The largest absolute Gasteiger partial charge is 0.360 e. The van der Waals surface area contributed by atoms with Gasteiger partial charge < -0.3 is 9.42 Å². The molecule has 1 fully saturated rings. The van der Waals surface area contributed by atoms with Crippen LogP contribution >= 0.6 is 0 Å². The monoisotopic (exact) mass is 339 g/mol. The lowest BCUT2D eigenvalue weighted by molar-refractivity contribution is 0.0451. The lowest BCUT2D eigenvalue weighted by Gasteiger charge is -2.44. The number of fused-ring (bicyclic) bond motifs is 3. The maximum Gasteiger partial charge on any atom is 0.259 e. The minimum absolute atomic E-state index is 0.0603. The van der Waals surface area contributed by atoms with E-state index < -0.39 is 0 Å². The smallest absolute Gasteiger partial charge is 0.259 e. The van der Waals surface area contributed by atoms with E-state index in [-0.39, 0.29) is 11.8 Å². The van der Waals surface area contributed by atoms with Crippen molar-refractivity contribution in [3.05, 3.63) is 52.4 Å². The van der Waals surface area contributed by atoms with Crippen LogP contribution in [0.3, 0.4) is 0 Å². The Kier molecular flexibility index (Phi) is 4.12. The van der Waals surface area contributed by atoms with Gasteiger partial charge in [-0.15, -0.1) is 0 Å². The summed E-state index contributed by atoms with van der Waals surface area (Å²) in [4.78, 5) is 17.7. The Morgan fingerprint density at radius 3 is 2.84 bits per heavy atom. The van der Waals surface area contributed by atoms with E-state index in [0.29, 0.717) is 23.1 Å². The fourth-order valence-electron chi connectivity index (χ4n) is 4.12. The van der Waals surface area contributed by atoms with Crippen molar-refractivity contribution in [2.24, 2.45) is 0 Å². The van der Waals surface area contributed by atoms with E-state index >= 15 is 0 Å². The van der Waals surface area contributed by atoms with Crippen LogP contribution in [0.5, 0.6) is 0 Å². The Balaban J connectivity index is 1.62. The summed E-state index contributed by atoms with van der Waals surface area (Å²) in [7, 11) is 0. The first-order valence-corrected chi connectivity index (χ1v) is 9.13. The SMILES string of the molecule is Cc1noc(C(C)C)c1C(=O)N1CCN2CCc3ccccc3C2C1. The van der Waals surface area contributed by atoms with Crippen molar-refractivity contribution in [2.45, 2.75) is 39.2 Å². The first-order valence-electron chi connectivity index (χ1n) is 9.13. The van der Waals surface area contributed by atoms with Crippen molar-refractivity contribution in [2.75, 3.05) is 26.2 Å². The molecule has 4 rings (SSSR count). The van der Waals surface area contributed by atoms with Crippen molar-refractivity contribution in [3.63, 3.8) is 0 Å². The number of amides is 1. The van der Waals surface area contributed by atoms with Crippen molar-refractivity contribution in [1.29, 1.82) is 0 Å². The predicted octanol–water partition coefficient (Wildman–Crippen LogP) is 3.16. The van der Waals surface area contributed by atoms with Crippen LogP contribution in [-0.2, 0) is 6.42 Å². The molecule has 0 N–H and O–H groups in total. The molecule has 1 amide bonds. The molecule has 5 nitrogen and oxygen atoms in total. The highest BCUT2D eigenvalue weighted by atomic mass is 16.5. The number of piperazine rings is 1. The highest BCUT2D eigenvalue weighted by Crippen LogP contribution is 2.33. The van der Waals surface area contributed by atoms with Crippen molar-refractivity contribution in [1.82, 2.24) is 15.0 Å². The zero-order chi connectivity index (χ0) is 17.6. The molecule has 1 saturated heterocycles. The van der Waals surface area contributed by atoms with Gasteiger partial charge in [0.2, 0.25) is 0 Å². The molecule has 3 heterocycles. The summed E-state index contributed by atoms with van der Waals surface area (Å²) in [5.74, 6) is 0.913. The number of benzene rings is 1. The Hall–Kier alpha value is -2.14. The third-order valence-electron chi connectivity index (χ3n) is 5.49. The Morgan fingerprint density at radius 2 is 2.04 bits per heavy atom. The topological polar surface area (TPSA) is 49.6 Å². The van der Waals surface area contributed by atoms with E-state index in [1.165, 1.54) is 11.1 Å². The molecule has 1 aromatic heterocycles. The van der Waals surface area contributed by atoms with Crippen LogP contribution in [0.25, 0.3) is 0 Å². The molecule has 5 heteroatoms. The molecule has 1 atom stereocenters. The number of carbonyl (C=O) groups excluding carboxylic acids is 1. The zero-order valence-corrected chi connectivity index (χ0v) is 15.2. The van der Waals surface area contributed by atoms with Crippen molar-refractivity contribution < 1.29 is 9.32 Å². The van der Waals surface area contributed by atoms with Gasteiger partial charge in [-0.05, 0) is 24.5 Å². The van der Waals surface area contributed by atoms with Crippen molar-refractivity contribution in [3.8, 4) is 0 Å². The molecular weight excluding hydrogens is 314 g/mol. The summed E-state index contributed by atoms with van der Waals surface area (Å²) >= 11 is 0. The van der Waals surface area contributed by atoms with Gasteiger partial charge in [-0.1, -0.05) is 43.3 Å². The van der Waals surface area contributed by atoms with Crippen LogP contribution in [0, 0.1) is 6.92 Å². The van der Waals surface area contributed by atoms with Gasteiger partial charge in [0.1, 0.15) is 5.56 Å². The number of aromatic nitrogens is 1. The minimum atomic E-state index is 0.0603. The Labute approximate surface area is 148 Å². The zero-order valence-electron chi connectivity index (χ0n) is 15.2. The summed E-state index contributed by atoms with van der Waals surface area (Å²) in [6.45, 7) is 9.42. The van der Waals surface area contributed by atoms with E-state index in [1.54, 1.807) is 0 Å². The minimum Gasteiger partial charge on any atom is -0.360 e. The molecule has 1 aromatic carbocycles. The van der Waals surface area contributed by atoms with E-state index in [4.69, 9.17) is 4.52 Å². The molecule has 0 spiro atoms. The molecule has 0 bridgehead atoms. The maximum absolute atomic E-state index is 13.2. The average Bonchev–Trinajstić information content (AvgIpc) is 3.02. The average molecular weight is 339 g/mol. The first kappa shape index (κ1) is 16.3. The van der Waals surface area contributed by atoms with Crippen LogP contribution < -0.4 is 0 Å². The molecule has 0 aliphatic carbocycles. The summed E-state index contributed by atoms with van der Waals surface area (Å²) in [6.07, 6.45) is 1.10. The Bertz CT molecular complexity index is 796. The lowest BCUT2D eigenvalue weighted by atomic mass is 9.90. The molecule has 0 saturated carbocycles. The van der Waals surface area contributed by atoms with Gasteiger partial charge in [-0.25, -0.2) is 0 Å². The number of hydrogen-bond donors (Lipinski definition) is 0. The summed E-state index contributed by atoms with van der Waals surface area (Å²) in [6, 6.07) is 8.93. The second-order valence-electron chi connectivity index (χ2n) is 7.41. The van der Waals surface area contributed by atoms with E-state index in [2.05, 4.69) is 34.3 Å². The van der Waals surface area contributed by atoms with Crippen LogP contribution in [0.15, 0.2) is 28.8 Å².